The van der Waals surface area contributed by atoms with Gasteiger partial charge >= 0.3 is 0 Å². The van der Waals surface area contributed by atoms with Crippen LogP contribution in [0.3, 0.4) is 0 Å². The number of sulfonamides is 1. The van der Waals surface area contributed by atoms with Crippen molar-refractivity contribution in [1.82, 2.24) is 4.98 Å². The van der Waals surface area contributed by atoms with Gasteiger partial charge in [0.25, 0.3) is 10.0 Å². The highest BCUT2D eigenvalue weighted by Crippen LogP contribution is 2.34. The van der Waals surface area contributed by atoms with E-state index in [0.29, 0.717) is 8.95 Å². The summed E-state index contributed by atoms with van der Waals surface area (Å²) in [5, 5.41) is 0.225. The zero-order valence-corrected chi connectivity index (χ0v) is 16.1. The highest BCUT2D eigenvalue weighted by Gasteiger charge is 2.23. The predicted octanol–water partition coefficient (Wildman–Crippen LogP) is 5.37. The molecule has 0 fully saturated rings. The molecule has 0 amide bonds. The Balaban J connectivity index is 2.46. The largest absolute Gasteiger partial charge is 0.278 e. The Morgan fingerprint density at radius 2 is 1.62 bits per heavy atom. The second kappa shape index (κ2) is 6.60. The van der Waals surface area contributed by atoms with E-state index in [1.807, 2.05) is 0 Å². The molecule has 1 aromatic heterocycles. The number of aromatic nitrogens is 1. The van der Waals surface area contributed by atoms with Crippen LogP contribution < -0.4 is 4.72 Å². The fourth-order valence-corrected chi connectivity index (χ4v) is 4.89. The van der Waals surface area contributed by atoms with Crippen LogP contribution in [0.1, 0.15) is 0 Å². The van der Waals surface area contributed by atoms with Crippen molar-refractivity contribution in [2.24, 2.45) is 0 Å². The highest BCUT2D eigenvalue weighted by atomic mass is 79.9. The predicted molar refractivity (Wildman–Crippen MR) is 91.9 cm³/mol. The summed E-state index contributed by atoms with van der Waals surface area (Å²) in [6.45, 7) is 0. The number of pyridine rings is 1. The molecule has 0 saturated heterocycles. The first-order valence-corrected chi connectivity index (χ1v) is 9.39. The number of hydrogen-bond donors (Lipinski definition) is 1. The van der Waals surface area contributed by atoms with Crippen LogP contribution in [0.15, 0.2) is 38.2 Å². The molecule has 0 spiro atoms. The van der Waals surface area contributed by atoms with Crippen LogP contribution in [0.4, 0.5) is 5.69 Å². The summed E-state index contributed by atoms with van der Waals surface area (Å²) in [4.78, 5) is 3.63. The van der Waals surface area contributed by atoms with Crippen molar-refractivity contribution in [2.75, 3.05) is 4.72 Å². The van der Waals surface area contributed by atoms with Gasteiger partial charge in [0.15, 0.2) is 0 Å². The molecule has 10 heteroatoms. The molecule has 4 nitrogen and oxygen atoms in total. The molecule has 21 heavy (non-hydrogen) atoms. The van der Waals surface area contributed by atoms with Gasteiger partial charge in [-0.15, -0.1) is 0 Å². The Kier molecular flexibility index (Phi) is 5.44. The van der Waals surface area contributed by atoms with Crippen LogP contribution in [-0.2, 0) is 10.0 Å². The summed E-state index contributed by atoms with van der Waals surface area (Å²) < 4.78 is 28.1. The third kappa shape index (κ3) is 4.03. The Bertz CT molecular complexity index is 792. The summed E-state index contributed by atoms with van der Waals surface area (Å²) in [5.41, 5.74) is 0.223. The molecule has 0 atom stereocenters. The van der Waals surface area contributed by atoms with Gasteiger partial charge in [-0.05, 0) is 34.1 Å². The molecule has 0 bridgehead atoms. The lowest BCUT2D eigenvalue weighted by atomic mass is 10.4. The number of nitrogens with zero attached hydrogens (tertiary/aromatic N) is 1. The summed E-state index contributed by atoms with van der Waals surface area (Å²) in [5.74, 6) is 0. The van der Waals surface area contributed by atoms with Gasteiger partial charge in [0.05, 0.1) is 26.4 Å². The maximum Gasteiger partial charge on any atom is 0.264 e. The van der Waals surface area contributed by atoms with E-state index in [2.05, 4.69) is 41.6 Å². The molecule has 2 aromatic rings. The molecule has 0 unspecified atom stereocenters. The molecule has 1 aromatic carbocycles. The molecule has 0 aliphatic carbocycles. The molecular formula is C11H5Br2Cl3N2O2S. The number of halogens is 5. The monoisotopic (exact) mass is 492 g/mol. The zero-order valence-electron chi connectivity index (χ0n) is 9.87. The quantitative estimate of drug-likeness (QED) is 0.583. The summed E-state index contributed by atoms with van der Waals surface area (Å²) in [6.07, 6.45) is 1.28. The molecule has 1 heterocycles. The molecule has 0 aliphatic heterocycles. The first-order valence-electron chi connectivity index (χ1n) is 5.19. The van der Waals surface area contributed by atoms with Crippen LogP contribution >= 0.6 is 66.7 Å². The normalized spacial score (nSPS) is 11.5. The standard InChI is InChI=1S/C11H5Br2Cl3N2O2S/c12-5-1-8(14)10(9(15)2-5)21(19,20)18-6-3-7(13)11(16)17-4-6/h1-4,18H. The van der Waals surface area contributed by atoms with Gasteiger partial charge in [0.1, 0.15) is 10.0 Å². The van der Waals surface area contributed by atoms with Gasteiger partial charge in [-0.3, -0.25) is 4.72 Å². The van der Waals surface area contributed by atoms with E-state index < -0.39 is 10.0 Å². The molecule has 0 saturated carbocycles. The SMILES string of the molecule is O=S(=O)(Nc1cnc(Cl)c(Br)c1)c1c(Cl)cc(Br)cc1Cl. The second-order valence-corrected chi connectivity index (χ2v) is 8.36. The third-order valence-electron chi connectivity index (χ3n) is 2.28. The first-order chi connectivity index (χ1) is 9.70. The zero-order chi connectivity index (χ0) is 15.8. The molecule has 2 rings (SSSR count). The smallest absolute Gasteiger partial charge is 0.264 e. The second-order valence-electron chi connectivity index (χ2n) is 3.80. The summed E-state index contributed by atoms with van der Waals surface area (Å²) >= 11 is 24.0. The van der Waals surface area contributed by atoms with Crippen molar-refractivity contribution < 1.29 is 8.42 Å². The van der Waals surface area contributed by atoms with Crippen LogP contribution in [0.5, 0.6) is 0 Å². The van der Waals surface area contributed by atoms with Crippen LogP contribution in [0.2, 0.25) is 15.2 Å². The lowest BCUT2D eigenvalue weighted by Gasteiger charge is -2.11. The average Bonchev–Trinajstić information content (AvgIpc) is 2.31. The third-order valence-corrected chi connectivity index (χ3v) is 6.17. The van der Waals surface area contributed by atoms with Gasteiger partial charge in [-0.2, -0.15) is 0 Å². The number of rotatable bonds is 3. The maximum absolute atomic E-state index is 12.4. The molecule has 0 aliphatic rings. The Labute approximate surface area is 153 Å². The first kappa shape index (κ1) is 17.3. The van der Waals surface area contributed by atoms with Gasteiger partial charge in [0, 0.05) is 4.47 Å². The van der Waals surface area contributed by atoms with E-state index in [4.69, 9.17) is 34.8 Å². The van der Waals surface area contributed by atoms with E-state index in [-0.39, 0.29) is 25.8 Å². The van der Waals surface area contributed by atoms with Crippen molar-refractivity contribution in [3.63, 3.8) is 0 Å². The molecule has 0 radical (unpaired) electrons. The van der Waals surface area contributed by atoms with Crippen molar-refractivity contribution in [2.45, 2.75) is 4.90 Å². The van der Waals surface area contributed by atoms with Crippen LogP contribution in [-0.4, -0.2) is 13.4 Å². The number of hydrogen-bond acceptors (Lipinski definition) is 3. The topological polar surface area (TPSA) is 59.1 Å². The summed E-state index contributed by atoms with van der Waals surface area (Å²) in [7, 11) is -3.96. The van der Waals surface area contributed by atoms with Crippen LogP contribution in [0, 0.1) is 0 Å². The fraction of sp³-hybridized carbons (Fsp3) is 0. The van der Waals surface area contributed by atoms with Crippen molar-refractivity contribution in [3.05, 3.63) is 48.5 Å². The highest BCUT2D eigenvalue weighted by molar-refractivity contribution is 9.10. The summed E-state index contributed by atoms with van der Waals surface area (Å²) in [6, 6.07) is 4.36. The van der Waals surface area contributed by atoms with Crippen molar-refractivity contribution >= 4 is 82.4 Å². The minimum absolute atomic E-state index is 0.00265. The lowest BCUT2D eigenvalue weighted by Crippen LogP contribution is -2.14. The lowest BCUT2D eigenvalue weighted by molar-refractivity contribution is 0.601. The molecule has 112 valence electrons. The molecule has 1 N–H and O–H groups in total. The molecular weight excluding hydrogens is 490 g/mol. The van der Waals surface area contributed by atoms with Gasteiger partial charge < -0.3 is 0 Å². The van der Waals surface area contributed by atoms with E-state index in [9.17, 15) is 8.42 Å². The van der Waals surface area contributed by atoms with Gasteiger partial charge in [-0.1, -0.05) is 50.7 Å². The van der Waals surface area contributed by atoms with E-state index >= 15 is 0 Å². The number of anilines is 1. The maximum atomic E-state index is 12.4. The number of benzene rings is 1. The average molecular weight is 495 g/mol. The van der Waals surface area contributed by atoms with E-state index in [1.165, 1.54) is 24.4 Å². The Morgan fingerprint density at radius 3 is 2.14 bits per heavy atom. The van der Waals surface area contributed by atoms with Crippen molar-refractivity contribution in [3.8, 4) is 0 Å². The van der Waals surface area contributed by atoms with E-state index in [1.54, 1.807) is 0 Å². The minimum atomic E-state index is -3.96. The number of nitrogens with one attached hydrogen (secondary N) is 1. The Hall–Kier alpha value is -0.0500. The van der Waals surface area contributed by atoms with Gasteiger partial charge in [-0.25, -0.2) is 13.4 Å². The Morgan fingerprint density at radius 1 is 1.05 bits per heavy atom. The van der Waals surface area contributed by atoms with Crippen LogP contribution in [0.25, 0.3) is 0 Å². The fourth-order valence-electron chi connectivity index (χ4n) is 1.47. The van der Waals surface area contributed by atoms with E-state index in [0.717, 1.165) is 0 Å². The van der Waals surface area contributed by atoms with Crippen molar-refractivity contribution in [1.29, 1.82) is 0 Å². The van der Waals surface area contributed by atoms with Gasteiger partial charge in [0.2, 0.25) is 0 Å². The minimum Gasteiger partial charge on any atom is -0.278 e.